The van der Waals surface area contributed by atoms with Crippen LogP contribution in [0.25, 0.3) is 0 Å². The van der Waals surface area contributed by atoms with Gasteiger partial charge in [0.25, 0.3) is 0 Å². The molecule has 3 N–H and O–H groups in total. The molecule has 0 radical (unpaired) electrons. The third kappa shape index (κ3) is 5.38. The fraction of sp³-hybridized carbons (Fsp3) is 0.250. The maximum Gasteiger partial charge on any atom is 0.304 e. The fourth-order valence-electron chi connectivity index (χ4n) is 1.29. The quantitative estimate of drug-likeness (QED) is 0.680. The van der Waals surface area contributed by atoms with Crippen LogP contribution in [0.4, 0.5) is 5.69 Å². The van der Waals surface area contributed by atoms with Gasteiger partial charge in [-0.25, -0.2) is 0 Å². The van der Waals surface area contributed by atoms with E-state index in [2.05, 4.69) is 10.6 Å². The van der Waals surface area contributed by atoms with Crippen molar-refractivity contribution in [3.63, 3.8) is 0 Å². The number of rotatable bonds is 6. The monoisotopic (exact) mass is 281 g/mol. The fourth-order valence-corrected chi connectivity index (χ4v) is 1.51. The number of aliphatic carboxylic acids is 1. The Morgan fingerprint density at radius 2 is 2.16 bits per heavy atom. The molecule has 1 aromatic carbocycles. The van der Waals surface area contributed by atoms with E-state index < -0.39 is 5.97 Å². The zero-order chi connectivity index (χ0) is 14.3. The van der Waals surface area contributed by atoms with Crippen LogP contribution in [-0.2, 0) is 9.59 Å². The molecule has 19 heavy (non-hydrogen) atoms. The maximum absolute atomic E-state index is 11.5. The second-order valence-electron chi connectivity index (χ2n) is 3.68. The second kappa shape index (κ2) is 7.36. The number of carbonyl (C=O) groups excluding carboxylic acids is 1. The summed E-state index contributed by atoms with van der Waals surface area (Å²) in [6, 6.07) is 6.48. The van der Waals surface area contributed by atoms with Gasteiger partial charge >= 0.3 is 5.97 Å². The molecule has 1 rings (SSSR count). The maximum atomic E-state index is 11.5. The zero-order valence-corrected chi connectivity index (χ0v) is 10.7. The molecule has 1 aromatic rings. The number of nitrogens with one attached hydrogen (secondary N) is 2. The van der Waals surface area contributed by atoms with E-state index in [0.29, 0.717) is 11.3 Å². The van der Waals surface area contributed by atoms with Crippen LogP contribution >= 0.6 is 11.6 Å². The van der Waals surface area contributed by atoms with E-state index in [1.165, 1.54) is 12.1 Å². The molecule has 0 saturated carbocycles. The van der Waals surface area contributed by atoms with Gasteiger partial charge in [0, 0.05) is 12.2 Å². The smallest absolute Gasteiger partial charge is 0.304 e. The van der Waals surface area contributed by atoms with Gasteiger partial charge in [-0.3, -0.25) is 9.59 Å². The van der Waals surface area contributed by atoms with Crippen molar-refractivity contribution < 1.29 is 14.7 Å². The van der Waals surface area contributed by atoms with E-state index in [1.807, 2.05) is 6.07 Å². The first kappa shape index (κ1) is 15.0. The van der Waals surface area contributed by atoms with E-state index in [1.54, 1.807) is 6.07 Å². The summed E-state index contributed by atoms with van der Waals surface area (Å²) in [4.78, 5) is 21.7. The van der Waals surface area contributed by atoms with Gasteiger partial charge in [0.2, 0.25) is 5.91 Å². The Kier molecular flexibility index (Phi) is 5.79. The summed E-state index contributed by atoms with van der Waals surface area (Å²) in [7, 11) is 0. The van der Waals surface area contributed by atoms with Crippen molar-refractivity contribution in [2.45, 2.75) is 6.42 Å². The number of hydrogen-bond acceptors (Lipinski definition) is 4. The Bertz CT molecular complexity index is 525. The van der Waals surface area contributed by atoms with Crippen LogP contribution < -0.4 is 10.6 Å². The number of nitriles is 1. The molecule has 0 unspecified atom stereocenters. The van der Waals surface area contributed by atoms with Crippen LogP contribution in [0.3, 0.4) is 0 Å². The SMILES string of the molecule is N#Cc1ccc(NC(=O)CNCCC(=O)O)cc1Cl. The molecular formula is C12H12ClN3O3. The summed E-state index contributed by atoms with van der Waals surface area (Å²) < 4.78 is 0. The number of amides is 1. The minimum absolute atomic E-state index is 0.00486. The number of hydrogen-bond donors (Lipinski definition) is 3. The van der Waals surface area contributed by atoms with Crippen LogP contribution in [0, 0.1) is 11.3 Å². The third-order valence-corrected chi connectivity index (χ3v) is 2.49. The van der Waals surface area contributed by atoms with Crippen molar-refractivity contribution in [2.75, 3.05) is 18.4 Å². The Balaban J connectivity index is 2.42. The topological polar surface area (TPSA) is 102 Å². The van der Waals surface area contributed by atoms with Crippen molar-refractivity contribution in [1.29, 1.82) is 5.26 Å². The van der Waals surface area contributed by atoms with Crippen LogP contribution in [0.5, 0.6) is 0 Å². The van der Waals surface area contributed by atoms with E-state index >= 15 is 0 Å². The molecule has 0 aromatic heterocycles. The molecule has 0 heterocycles. The van der Waals surface area contributed by atoms with Gasteiger partial charge in [-0.1, -0.05) is 11.6 Å². The highest BCUT2D eigenvalue weighted by Crippen LogP contribution is 2.19. The highest BCUT2D eigenvalue weighted by atomic mass is 35.5. The third-order valence-electron chi connectivity index (χ3n) is 2.17. The van der Waals surface area contributed by atoms with Gasteiger partial charge in [-0.15, -0.1) is 0 Å². The summed E-state index contributed by atoms with van der Waals surface area (Å²) in [5.41, 5.74) is 0.813. The van der Waals surface area contributed by atoms with Gasteiger partial charge in [-0.2, -0.15) is 5.26 Å². The summed E-state index contributed by atoms with van der Waals surface area (Å²) >= 11 is 5.82. The Morgan fingerprint density at radius 3 is 2.74 bits per heavy atom. The number of nitrogens with zero attached hydrogens (tertiary/aromatic N) is 1. The molecule has 100 valence electrons. The van der Waals surface area contributed by atoms with E-state index in [4.69, 9.17) is 22.0 Å². The van der Waals surface area contributed by atoms with E-state index in [0.717, 1.165) is 0 Å². The van der Waals surface area contributed by atoms with Crippen molar-refractivity contribution in [1.82, 2.24) is 5.32 Å². The summed E-state index contributed by atoms with van der Waals surface area (Å²) in [6.45, 7) is 0.224. The van der Waals surface area contributed by atoms with E-state index in [9.17, 15) is 9.59 Å². The van der Waals surface area contributed by atoms with Crippen molar-refractivity contribution in [3.05, 3.63) is 28.8 Å². The largest absolute Gasteiger partial charge is 0.481 e. The summed E-state index contributed by atoms with van der Waals surface area (Å²) in [6.07, 6.45) is -0.0457. The first-order valence-electron chi connectivity index (χ1n) is 5.45. The molecule has 0 fully saturated rings. The molecule has 0 spiro atoms. The van der Waals surface area contributed by atoms with Crippen molar-refractivity contribution >= 4 is 29.2 Å². The molecule has 7 heteroatoms. The lowest BCUT2D eigenvalue weighted by molar-refractivity contribution is -0.137. The van der Waals surface area contributed by atoms with Gasteiger partial charge < -0.3 is 15.7 Å². The molecule has 0 aliphatic rings. The standard InChI is InChI=1S/C12H12ClN3O3/c13-10-5-9(2-1-8(10)6-14)16-11(17)7-15-4-3-12(18)19/h1-2,5,15H,3-4,7H2,(H,16,17)(H,18,19). The molecule has 0 aliphatic carbocycles. The highest BCUT2D eigenvalue weighted by Gasteiger charge is 2.05. The van der Waals surface area contributed by atoms with Crippen LogP contribution in [0.1, 0.15) is 12.0 Å². The van der Waals surface area contributed by atoms with Crippen LogP contribution in [-0.4, -0.2) is 30.1 Å². The van der Waals surface area contributed by atoms with Gasteiger partial charge in [0.1, 0.15) is 6.07 Å². The number of benzene rings is 1. The minimum atomic E-state index is -0.924. The van der Waals surface area contributed by atoms with Crippen LogP contribution in [0.2, 0.25) is 5.02 Å². The number of anilines is 1. The van der Waals surface area contributed by atoms with Gasteiger partial charge in [0.15, 0.2) is 0 Å². The molecule has 0 saturated heterocycles. The lowest BCUT2D eigenvalue weighted by Crippen LogP contribution is -2.29. The molecule has 0 bridgehead atoms. The van der Waals surface area contributed by atoms with Gasteiger partial charge in [-0.05, 0) is 18.2 Å². The Labute approximate surface area is 115 Å². The number of halogens is 1. The molecular weight excluding hydrogens is 270 g/mol. The average molecular weight is 282 g/mol. The molecule has 6 nitrogen and oxygen atoms in total. The Morgan fingerprint density at radius 1 is 1.42 bits per heavy atom. The van der Waals surface area contributed by atoms with Crippen molar-refractivity contribution in [2.24, 2.45) is 0 Å². The van der Waals surface area contributed by atoms with Crippen molar-refractivity contribution in [3.8, 4) is 6.07 Å². The lowest BCUT2D eigenvalue weighted by Gasteiger charge is -2.06. The number of carboxylic acid groups (broad SMARTS) is 1. The summed E-state index contributed by atoms with van der Waals surface area (Å²) in [5, 5.41) is 22.7. The lowest BCUT2D eigenvalue weighted by atomic mass is 10.2. The number of carboxylic acids is 1. The predicted octanol–water partition coefficient (Wildman–Crippen LogP) is 1.21. The molecule has 1 amide bonds. The van der Waals surface area contributed by atoms with E-state index in [-0.39, 0.29) is 30.4 Å². The summed E-state index contributed by atoms with van der Waals surface area (Å²) in [5.74, 6) is -1.24. The first-order valence-corrected chi connectivity index (χ1v) is 5.82. The zero-order valence-electron chi connectivity index (χ0n) is 9.94. The molecule has 0 aliphatic heterocycles. The minimum Gasteiger partial charge on any atom is -0.481 e. The molecule has 0 atom stereocenters. The first-order chi connectivity index (χ1) is 9.02. The predicted molar refractivity (Wildman–Crippen MR) is 69.9 cm³/mol. The normalized spacial score (nSPS) is 9.68. The average Bonchev–Trinajstić information content (AvgIpc) is 2.35. The highest BCUT2D eigenvalue weighted by molar-refractivity contribution is 6.32. The second-order valence-corrected chi connectivity index (χ2v) is 4.08. The number of carbonyl (C=O) groups is 2. The van der Waals surface area contributed by atoms with Gasteiger partial charge in [0.05, 0.1) is 23.6 Å². The Hall–Kier alpha value is -2.10. The van der Waals surface area contributed by atoms with Crippen LogP contribution in [0.15, 0.2) is 18.2 Å².